The lowest BCUT2D eigenvalue weighted by Gasteiger charge is -2.36. The molecule has 0 radical (unpaired) electrons. The molecular weight excluding hydrogens is 270 g/mol. The summed E-state index contributed by atoms with van der Waals surface area (Å²) in [5.41, 5.74) is 1.17. The number of carbonyl (C=O) groups excluding carboxylic acids is 2. The number of benzene rings is 1. The lowest BCUT2D eigenvalue weighted by Crippen LogP contribution is -2.54. The predicted molar refractivity (Wildman–Crippen MR) is 80.2 cm³/mol. The van der Waals surface area contributed by atoms with Crippen molar-refractivity contribution in [1.82, 2.24) is 10.2 Å². The van der Waals surface area contributed by atoms with Crippen molar-refractivity contribution in [2.45, 2.75) is 13.0 Å². The average molecular weight is 291 g/mol. The highest BCUT2D eigenvalue weighted by Crippen LogP contribution is 2.15. The van der Waals surface area contributed by atoms with Crippen LogP contribution in [0.4, 0.5) is 10.5 Å². The van der Waals surface area contributed by atoms with Crippen molar-refractivity contribution in [1.29, 1.82) is 0 Å². The number of esters is 1. The lowest BCUT2D eigenvalue weighted by atomic mass is 10.2. The Balaban J connectivity index is 1.83. The molecule has 1 unspecified atom stereocenters. The molecule has 114 valence electrons. The third kappa shape index (κ3) is 3.87. The Morgan fingerprint density at radius 3 is 2.33 bits per heavy atom. The van der Waals surface area contributed by atoms with Crippen molar-refractivity contribution in [3.63, 3.8) is 0 Å². The van der Waals surface area contributed by atoms with Crippen LogP contribution in [0, 0.1) is 0 Å². The summed E-state index contributed by atoms with van der Waals surface area (Å²) < 4.78 is 4.59. The lowest BCUT2D eigenvalue weighted by molar-refractivity contribution is -0.142. The number of hydrogen-bond acceptors (Lipinski definition) is 4. The van der Waals surface area contributed by atoms with Crippen LogP contribution < -0.4 is 10.2 Å². The first-order valence-corrected chi connectivity index (χ1v) is 7.05. The number of rotatable bonds is 3. The van der Waals surface area contributed by atoms with Crippen LogP contribution >= 0.6 is 0 Å². The van der Waals surface area contributed by atoms with Gasteiger partial charge in [0.1, 0.15) is 6.04 Å². The summed E-state index contributed by atoms with van der Waals surface area (Å²) in [6.07, 6.45) is 0. The quantitative estimate of drug-likeness (QED) is 0.847. The first-order chi connectivity index (χ1) is 10.1. The second kappa shape index (κ2) is 6.97. The molecule has 0 aliphatic carbocycles. The average Bonchev–Trinajstić information content (AvgIpc) is 2.55. The number of nitrogens with zero attached hydrogens (tertiary/aromatic N) is 2. The van der Waals surface area contributed by atoms with E-state index in [2.05, 4.69) is 27.1 Å². The number of hydrogen-bond donors (Lipinski definition) is 1. The minimum absolute atomic E-state index is 0.222. The van der Waals surface area contributed by atoms with Crippen LogP contribution in [-0.4, -0.2) is 56.2 Å². The Hall–Kier alpha value is -2.24. The number of urea groups is 1. The fraction of sp³-hybridized carbons (Fsp3) is 0.467. The van der Waals surface area contributed by atoms with E-state index >= 15 is 0 Å². The molecule has 6 nitrogen and oxygen atoms in total. The molecule has 1 heterocycles. The molecule has 1 aromatic rings. The second-order valence-corrected chi connectivity index (χ2v) is 5.00. The number of anilines is 1. The fourth-order valence-corrected chi connectivity index (χ4v) is 2.32. The molecule has 2 rings (SSSR count). The molecule has 0 spiro atoms. The van der Waals surface area contributed by atoms with Gasteiger partial charge >= 0.3 is 12.0 Å². The van der Waals surface area contributed by atoms with Crippen molar-refractivity contribution >= 4 is 17.7 Å². The van der Waals surface area contributed by atoms with Gasteiger partial charge in [0.15, 0.2) is 0 Å². The van der Waals surface area contributed by atoms with Crippen LogP contribution in [-0.2, 0) is 9.53 Å². The normalized spacial score (nSPS) is 16.3. The maximum atomic E-state index is 12.1. The minimum atomic E-state index is -0.630. The van der Waals surface area contributed by atoms with Gasteiger partial charge in [0.2, 0.25) is 0 Å². The third-order valence-corrected chi connectivity index (χ3v) is 3.58. The standard InChI is InChI=1S/C15H21N3O3/c1-12(14(19)21-2)16-15(20)18-10-8-17(9-11-18)13-6-4-3-5-7-13/h3-7,12H,8-11H2,1-2H3,(H,16,20). The predicted octanol–water partition coefficient (Wildman–Crippen LogP) is 1.08. The van der Waals surface area contributed by atoms with E-state index in [0.717, 1.165) is 13.1 Å². The molecule has 1 N–H and O–H groups in total. The second-order valence-electron chi connectivity index (χ2n) is 5.00. The van der Waals surface area contributed by atoms with Crippen molar-refractivity contribution in [2.24, 2.45) is 0 Å². The molecule has 1 saturated heterocycles. The number of nitrogens with one attached hydrogen (secondary N) is 1. The molecule has 1 aliphatic rings. The van der Waals surface area contributed by atoms with E-state index in [-0.39, 0.29) is 6.03 Å². The van der Waals surface area contributed by atoms with Gasteiger partial charge < -0.3 is 19.9 Å². The van der Waals surface area contributed by atoms with Crippen LogP contribution in [0.2, 0.25) is 0 Å². The van der Waals surface area contributed by atoms with Gasteiger partial charge in [-0.1, -0.05) is 18.2 Å². The smallest absolute Gasteiger partial charge is 0.328 e. The Bertz CT molecular complexity index is 484. The molecule has 2 amide bonds. The van der Waals surface area contributed by atoms with Gasteiger partial charge in [0, 0.05) is 31.9 Å². The summed E-state index contributed by atoms with van der Waals surface area (Å²) in [4.78, 5) is 27.3. The maximum absolute atomic E-state index is 12.1. The first kappa shape index (κ1) is 15.2. The fourth-order valence-electron chi connectivity index (χ4n) is 2.32. The highest BCUT2D eigenvalue weighted by molar-refractivity contribution is 5.83. The molecule has 0 saturated carbocycles. The van der Waals surface area contributed by atoms with Crippen molar-refractivity contribution in [3.8, 4) is 0 Å². The summed E-state index contributed by atoms with van der Waals surface area (Å²) in [6.45, 7) is 4.45. The monoisotopic (exact) mass is 291 g/mol. The Labute approximate surface area is 124 Å². The Morgan fingerprint density at radius 1 is 1.14 bits per heavy atom. The van der Waals surface area contributed by atoms with Crippen molar-refractivity contribution < 1.29 is 14.3 Å². The van der Waals surface area contributed by atoms with Crippen LogP contribution in [0.25, 0.3) is 0 Å². The number of ether oxygens (including phenoxy) is 1. The zero-order valence-electron chi connectivity index (χ0n) is 12.4. The van der Waals surface area contributed by atoms with Gasteiger partial charge in [0.25, 0.3) is 0 Å². The summed E-state index contributed by atoms with van der Waals surface area (Å²) in [5, 5.41) is 2.65. The number of methoxy groups -OCH3 is 1. The Kier molecular flexibility index (Phi) is 5.03. The molecule has 0 aromatic heterocycles. The van der Waals surface area contributed by atoms with E-state index in [1.54, 1.807) is 11.8 Å². The van der Waals surface area contributed by atoms with Gasteiger partial charge in [-0.3, -0.25) is 0 Å². The van der Waals surface area contributed by atoms with E-state index in [1.807, 2.05) is 18.2 Å². The molecule has 1 atom stereocenters. The largest absolute Gasteiger partial charge is 0.467 e. The zero-order valence-corrected chi connectivity index (χ0v) is 12.4. The molecule has 21 heavy (non-hydrogen) atoms. The van der Waals surface area contributed by atoms with Crippen LogP contribution in [0.5, 0.6) is 0 Å². The third-order valence-electron chi connectivity index (χ3n) is 3.58. The van der Waals surface area contributed by atoms with E-state index < -0.39 is 12.0 Å². The van der Waals surface area contributed by atoms with Gasteiger partial charge in [-0.15, -0.1) is 0 Å². The molecule has 6 heteroatoms. The molecular formula is C15H21N3O3. The van der Waals surface area contributed by atoms with E-state index in [0.29, 0.717) is 13.1 Å². The molecule has 1 fully saturated rings. The number of amides is 2. The molecule has 0 bridgehead atoms. The highest BCUT2D eigenvalue weighted by Gasteiger charge is 2.24. The van der Waals surface area contributed by atoms with Crippen LogP contribution in [0.1, 0.15) is 6.92 Å². The van der Waals surface area contributed by atoms with Crippen molar-refractivity contribution in [2.75, 3.05) is 38.2 Å². The van der Waals surface area contributed by atoms with Gasteiger partial charge in [-0.2, -0.15) is 0 Å². The molecule has 1 aromatic carbocycles. The zero-order chi connectivity index (χ0) is 15.2. The van der Waals surface area contributed by atoms with Gasteiger partial charge in [-0.25, -0.2) is 9.59 Å². The number of carbonyl (C=O) groups is 2. The van der Waals surface area contributed by atoms with E-state index in [9.17, 15) is 9.59 Å². The Morgan fingerprint density at radius 2 is 1.76 bits per heavy atom. The number of para-hydroxylation sites is 1. The molecule has 1 aliphatic heterocycles. The van der Waals surface area contributed by atoms with Crippen molar-refractivity contribution in [3.05, 3.63) is 30.3 Å². The van der Waals surface area contributed by atoms with Crippen LogP contribution in [0.3, 0.4) is 0 Å². The SMILES string of the molecule is COC(=O)C(C)NC(=O)N1CCN(c2ccccc2)CC1. The van der Waals surface area contributed by atoms with Gasteiger partial charge in [0.05, 0.1) is 7.11 Å². The minimum Gasteiger partial charge on any atom is -0.467 e. The summed E-state index contributed by atoms with van der Waals surface area (Å²) >= 11 is 0. The summed E-state index contributed by atoms with van der Waals surface area (Å²) in [5.74, 6) is -0.439. The first-order valence-electron chi connectivity index (χ1n) is 7.05. The summed E-state index contributed by atoms with van der Waals surface area (Å²) in [6, 6.07) is 9.28. The highest BCUT2D eigenvalue weighted by atomic mass is 16.5. The topological polar surface area (TPSA) is 61.9 Å². The van der Waals surface area contributed by atoms with Crippen LogP contribution in [0.15, 0.2) is 30.3 Å². The van der Waals surface area contributed by atoms with E-state index in [1.165, 1.54) is 12.8 Å². The number of piperazine rings is 1. The summed E-state index contributed by atoms with van der Waals surface area (Å²) in [7, 11) is 1.31. The van der Waals surface area contributed by atoms with Gasteiger partial charge in [-0.05, 0) is 19.1 Å². The maximum Gasteiger partial charge on any atom is 0.328 e. The van der Waals surface area contributed by atoms with E-state index in [4.69, 9.17) is 0 Å².